The van der Waals surface area contributed by atoms with Crippen molar-refractivity contribution in [3.05, 3.63) is 22.2 Å². The van der Waals surface area contributed by atoms with Crippen molar-refractivity contribution >= 4 is 27.7 Å². The number of carboxylic acids is 1. The molecule has 1 aliphatic heterocycles. The van der Waals surface area contributed by atoms with Crippen molar-refractivity contribution in [2.24, 2.45) is 5.41 Å². The number of ketones is 1. The van der Waals surface area contributed by atoms with Crippen LogP contribution in [0.25, 0.3) is 0 Å². The van der Waals surface area contributed by atoms with Gasteiger partial charge in [-0.05, 0) is 41.9 Å². The highest BCUT2D eigenvalue weighted by molar-refractivity contribution is 9.10. The van der Waals surface area contributed by atoms with Crippen LogP contribution in [0, 0.1) is 5.41 Å². The first-order valence-electron chi connectivity index (χ1n) is 6.67. The van der Waals surface area contributed by atoms with E-state index in [0.29, 0.717) is 34.7 Å². The maximum atomic E-state index is 12.4. The van der Waals surface area contributed by atoms with Crippen LogP contribution in [0.3, 0.4) is 0 Å². The quantitative estimate of drug-likeness (QED) is 0.838. The number of carbonyl (C=O) groups is 2. The smallest absolute Gasteiger partial charge is 0.309 e. The van der Waals surface area contributed by atoms with Gasteiger partial charge >= 0.3 is 5.97 Å². The van der Waals surface area contributed by atoms with E-state index in [1.165, 1.54) is 13.8 Å². The van der Waals surface area contributed by atoms with Gasteiger partial charge in [0.25, 0.3) is 0 Å². The number of hydrogen-bond acceptors (Lipinski definition) is 4. The average Bonchev–Trinajstić information content (AvgIpc) is 2.61. The topological polar surface area (TPSA) is 72.8 Å². The van der Waals surface area contributed by atoms with Crippen molar-refractivity contribution < 1.29 is 24.2 Å². The predicted molar refractivity (Wildman–Crippen MR) is 80.1 cm³/mol. The van der Waals surface area contributed by atoms with E-state index in [1.807, 2.05) is 0 Å². The molecule has 1 heterocycles. The van der Waals surface area contributed by atoms with Crippen LogP contribution in [0.4, 0.5) is 0 Å². The molecule has 0 spiro atoms. The predicted octanol–water partition coefficient (Wildman–Crippen LogP) is 3.29. The van der Waals surface area contributed by atoms with Crippen LogP contribution in [-0.2, 0) is 4.79 Å². The third-order valence-electron chi connectivity index (χ3n) is 3.32. The zero-order chi connectivity index (χ0) is 15.6. The fraction of sp³-hybridized carbons (Fsp3) is 0.467. The number of ether oxygens (including phenoxy) is 2. The van der Waals surface area contributed by atoms with E-state index in [1.54, 1.807) is 12.1 Å². The van der Waals surface area contributed by atoms with Crippen molar-refractivity contribution in [2.45, 2.75) is 26.7 Å². The minimum atomic E-state index is -1.11. The molecular formula is C15H17BrO5. The van der Waals surface area contributed by atoms with E-state index in [0.717, 1.165) is 6.42 Å². The van der Waals surface area contributed by atoms with E-state index in [2.05, 4.69) is 15.9 Å². The van der Waals surface area contributed by atoms with E-state index in [4.69, 9.17) is 14.6 Å². The lowest BCUT2D eigenvalue weighted by molar-refractivity contribution is -0.146. The second-order valence-electron chi connectivity index (χ2n) is 5.62. The highest BCUT2D eigenvalue weighted by Crippen LogP contribution is 2.36. The Balaban J connectivity index is 2.29. The second kappa shape index (κ2) is 6.05. The summed E-state index contributed by atoms with van der Waals surface area (Å²) < 4.78 is 11.7. The van der Waals surface area contributed by atoms with Crippen molar-refractivity contribution in [1.82, 2.24) is 0 Å². The average molecular weight is 357 g/mol. The van der Waals surface area contributed by atoms with Gasteiger partial charge in [-0.1, -0.05) is 0 Å². The molecule has 0 saturated carbocycles. The van der Waals surface area contributed by atoms with E-state index >= 15 is 0 Å². The number of carboxylic acid groups (broad SMARTS) is 1. The summed E-state index contributed by atoms with van der Waals surface area (Å²) in [4.78, 5) is 23.5. The minimum absolute atomic E-state index is 0.0828. The number of aliphatic carboxylic acids is 1. The Morgan fingerprint density at radius 3 is 2.38 bits per heavy atom. The van der Waals surface area contributed by atoms with E-state index in [-0.39, 0.29) is 12.2 Å². The summed E-state index contributed by atoms with van der Waals surface area (Å²) in [6.07, 6.45) is 0.697. The first-order valence-corrected chi connectivity index (χ1v) is 7.46. The van der Waals surface area contributed by atoms with Crippen LogP contribution < -0.4 is 9.47 Å². The summed E-state index contributed by atoms with van der Waals surface area (Å²) in [5.41, 5.74) is -0.700. The molecule has 0 aliphatic carbocycles. The van der Waals surface area contributed by atoms with Crippen LogP contribution in [-0.4, -0.2) is 30.1 Å². The van der Waals surface area contributed by atoms with Crippen LogP contribution >= 0.6 is 15.9 Å². The number of halogens is 1. The van der Waals surface area contributed by atoms with Crippen LogP contribution in [0.15, 0.2) is 16.6 Å². The summed E-state index contributed by atoms with van der Waals surface area (Å²) in [6.45, 7) is 4.16. The Morgan fingerprint density at radius 1 is 1.24 bits per heavy atom. The molecule has 6 heteroatoms. The zero-order valence-corrected chi connectivity index (χ0v) is 13.5. The summed E-state index contributed by atoms with van der Waals surface area (Å²) in [7, 11) is 0. The molecule has 0 atom stereocenters. The van der Waals surface area contributed by atoms with Crippen LogP contribution in [0.5, 0.6) is 11.5 Å². The van der Waals surface area contributed by atoms with E-state index < -0.39 is 11.4 Å². The fourth-order valence-corrected chi connectivity index (χ4v) is 2.51. The third-order valence-corrected chi connectivity index (χ3v) is 3.98. The normalized spacial score (nSPS) is 14.4. The summed E-state index contributed by atoms with van der Waals surface area (Å²) >= 11 is 3.34. The fourth-order valence-electron chi connectivity index (χ4n) is 1.97. The van der Waals surface area contributed by atoms with Gasteiger partial charge in [-0.3, -0.25) is 9.59 Å². The molecule has 0 amide bonds. The summed E-state index contributed by atoms with van der Waals surface area (Å²) in [5.74, 6) is -0.133. The molecule has 114 valence electrons. The van der Waals surface area contributed by atoms with Gasteiger partial charge in [-0.15, -0.1) is 0 Å². The Labute approximate surface area is 131 Å². The number of rotatable bonds is 4. The molecule has 0 aromatic heterocycles. The summed E-state index contributed by atoms with van der Waals surface area (Å²) in [6, 6.07) is 3.31. The van der Waals surface area contributed by atoms with Gasteiger partial charge in [0.2, 0.25) is 0 Å². The van der Waals surface area contributed by atoms with Gasteiger partial charge < -0.3 is 14.6 Å². The molecule has 0 bridgehead atoms. The van der Waals surface area contributed by atoms with Crippen LogP contribution in [0.2, 0.25) is 0 Å². The lowest BCUT2D eigenvalue weighted by Gasteiger charge is -2.18. The zero-order valence-electron chi connectivity index (χ0n) is 11.9. The first kappa shape index (κ1) is 15.8. The molecule has 0 radical (unpaired) electrons. The van der Waals surface area contributed by atoms with Gasteiger partial charge in [0.15, 0.2) is 17.3 Å². The third kappa shape index (κ3) is 3.56. The molecule has 2 rings (SSSR count). The standard InChI is InChI=1S/C15H17BrO5/c1-15(2,14(18)19)8-11(17)9-6-12-13(7-10(9)16)21-5-3-4-20-12/h6-7H,3-5,8H2,1-2H3,(H,18,19). The van der Waals surface area contributed by atoms with Crippen molar-refractivity contribution in [3.8, 4) is 11.5 Å². The molecule has 1 aromatic carbocycles. The molecule has 0 unspecified atom stereocenters. The molecule has 1 aromatic rings. The molecule has 1 N–H and O–H groups in total. The van der Waals surface area contributed by atoms with Crippen molar-refractivity contribution in [1.29, 1.82) is 0 Å². The van der Waals surface area contributed by atoms with Gasteiger partial charge in [-0.2, -0.15) is 0 Å². The van der Waals surface area contributed by atoms with Crippen molar-refractivity contribution in [3.63, 3.8) is 0 Å². The maximum absolute atomic E-state index is 12.4. The monoisotopic (exact) mass is 356 g/mol. The van der Waals surface area contributed by atoms with Crippen molar-refractivity contribution in [2.75, 3.05) is 13.2 Å². The number of carbonyl (C=O) groups excluding carboxylic acids is 1. The summed E-state index contributed by atoms with van der Waals surface area (Å²) in [5, 5.41) is 9.13. The first-order chi connectivity index (χ1) is 9.81. The molecular weight excluding hydrogens is 340 g/mol. The Kier molecular flexibility index (Phi) is 4.56. The molecule has 5 nitrogen and oxygen atoms in total. The highest BCUT2D eigenvalue weighted by Gasteiger charge is 2.31. The lowest BCUT2D eigenvalue weighted by Crippen LogP contribution is -2.27. The number of benzene rings is 1. The largest absolute Gasteiger partial charge is 0.490 e. The molecule has 0 saturated heterocycles. The van der Waals surface area contributed by atoms with Gasteiger partial charge in [0, 0.05) is 22.9 Å². The maximum Gasteiger partial charge on any atom is 0.309 e. The highest BCUT2D eigenvalue weighted by atomic mass is 79.9. The Bertz CT molecular complexity index is 580. The second-order valence-corrected chi connectivity index (χ2v) is 6.47. The molecule has 21 heavy (non-hydrogen) atoms. The number of hydrogen-bond donors (Lipinski definition) is 1. The molecule has 0 fully saturated rings. The van der Waals surface area contributed by atoms with Gasteiger partial charge in [-0.25, -0.2) is 0 Å². The number of Topliss-reactive ketones (excluding diaryl/α,β-unsaturated/α-hetero) is 1. The van der Waals surface area contributed by atoms with Crippen LogP contribution in [0.1, 0.15) is 37.0 Å². The van der Waals surface area contributed by atoms with Gasteiger partial charge in [0.1, 0.15) is 0 Å². The van der Waals surface area contributed by atoms with Gasteiger partial charge in [0.05, 0.1) is 18.6 Å². The Morgan fingerprint density at radius 2 is 1.81 bits per heavy atom. The lowest BCUT2D eigenvalue weighted by atomic mass is 9.85. The SMILES string of the molecule is CC(C)(CC(=O)c1cc2c(cc1Br)OCCCO2)C(=O)O. The minimum Gasteiger partial charge on any atom is -0.490 e. The number of fused-ring (bicyclic) bond motifs is 1. The Hall–Kier alpha value is -1.56. The van der Waals surface area contributed by atoms with E-state index in [9.17, 15) is 9.59 Å². The molecule has 1 aliphatic rings.